The van der Waals surface area contributed by atoms with Gasteiger partial charge in [-0.15, -0.1) is 0 Å². The minimum absolute atomic E-state index is 0.150. The van der Waals surface area contributed by atoms with Crippen molar-refractivity contribution in [3.8, 4) is 0 Å². The number of pyridine rings is 1. The van der Waals surface area contributed by atoms with Crippen molar-refractivity contribution in [1.82, 2.24) is 15.2 Å². The number of piperidine rings is 1. The number of nitrogens with zero attached hydrogens (tertiary/aromatic N) is 2. The lowest BCUT2D eigenvalue weighted by Gasteiger charge is -2.30. The number of likely N-dealkylation sites (tertiary alicyclic amines) is 1. The van der Waals surface area contributed by atoms with Gasteiger partial charge in [-0.25, -0.2) is 4.98 Å². The van der Waals surface area contributed by atoms with E-state index in [9.17, 15) is 4.79 Å². The molecule has 5 heteroatoms. The highest BCUT2D eigenvalue weighted by atomic mass is 35.5. The van der Waals surface area contributed by atoms with E-state index in [4.69, 9.17) is 11.6 Å². The third-order valence-corrected chi connectivity index (χ3v) is 3.89. The van der Waals surface area contributed by atoms with Crippen LogP contribution in [0.1, 0.15) is 30.1 Å². The second-order valence-corrected chi connectivity index (χ2v) is 5.48. The molecule has 1 aromatic heterocycles. The van der Waals surface area contributed by atoms with E-state index in [-0.39, 0.29) is 11.1 Å². The summed E-state index contributed by atoms with van der Waals surface area (Å²) in [6.07, 6.45) is 4.08. The van der Waals surface area contributed by atoms with E-state index >= 15 is 0 Å². The van der Waals surface area contributed by atoms with Gasteiger partial charge in [-0.05, 0) is 44.0 Å². The van der Waals surface area contributed by atoms with E-state index in [1.54, 1.807) is 18.3 Å². The quantitative estimate of drug-likeness (QED) is 0.861. The molecule has 0 saturated carbocycles. The molecule has 1 aliphatic heterocycles. The van der Waals surface area contributed by atoms with Crippen molar-refractivity contribution in [2.75, 3.05) is 26.2 Å². The minimum atomic E-state index is -0.150. The zero-order valence-electron chi connectivity index (χ0n) is 11.2. The number of hydrogen-bond acceptors (Lipinski definition) is 3. The summed E-state index contributed by atoms with van der Waals surface area (Å²) < 4.78 is 0. The van der Waals surface area contributed by atoms with Gasteiger partial charge in [0.1, 0.15) is 5.15 Å². The molecule has 1 fully saturated rings. The first kappa shape index (κ1) is 14.3. The van der Waals surface area contributed by atoms with Crippen LogP contribution in [0.4, 0.5) is 0 Å². The summed E-state index contributed by atoms with van der Waals surface area (Å²) in [5.74, 6) is 0.684. The molecular formula is C14H20ClN3O. The number of carbonyl (C=O) groups is 1. The number of nitrogens with one attached hydrogen (secondary N) is 1. The largest absolute Gasteiger partial charge is 0.351 e. The van der Waals surface area contributed by atoms with Gasteiger partial charge in [0.2, 0.25) is 0 Å². The number of hydrogen-bond donors (Lipinski definition) is 1. The number of amides is 1. The highest BCUT2D eigenvalue weighted by Gasteiger charge is 2.15. The summed E-state index contributed by atoms with van der Waals surface area (Å²) in [4.78, 5) is 18.2. The summed E-state index contributed by atoms with van der Waals surface area (Å²) in [6, 6.07) is 3.40. The van der Waals surface area contributed by atoms with E-state index in [0.29, 0.717) is 12.1 Å². The van der Waals surface area contributed by atoms with Crippen molar-refractivity contribution in [2.45, 2.75) is 19.8 Å². The van der Waals surface area contributed by atoms with Crippen LogP contribution in [0.2, 0.25) is 5.15 Å². The Bertz CT molecular complexity index is 430. The zero-order chi connectivity index (χ0) is 13.7. The van der Waals surface area contributed by atoms with E-state index < -0.39 is 0 Å². The SMILES string of the molecule is CC1CCN(CCNC(=O)c2cccnc2Cl)CC1. The third kappa shape index (κ3) is 4.18. The molecule has 0 radical (unpaired) electrons. The average molecular weight is 282 g/mol. The van der Waals surface area contributed by atoms with Crippen LogP contribution in [-0.4, -0.2) is 42.0 Å². The molecule has 1 saturated heterocycles. The molecule has 1 N–H and O–H groups in total. The Balaban J connectivity index is 1.74. The highest BCUT2D eigenvalue weighted by Crippen LogP contribution is 2.15. The second kappa shape index (κ2) is 6.87. The summed E-state index contributed by atoms with van der Waals surface area (Å²) in [5.41, 5.74) is 0.441. The minimum Gasteiger partial charge on any atom is -0.351 e. The van der Waals surface area contributed by atoms with E-state index in [0.717, 1.165) is 25.6 Å². The molecule has 1 aliphatic rings. The van der Waals surface area contributed by atoms with Gasteiger partial charge in [0.25, 0.3) is 5.91 Å². The molecule has 0 bridgehead atoms. The Morgan fingerprint density at radius 1 is 1.53 bits per heavy atom. The Morgan fingerprint density at radius 3 is 2.95 bits per heavy atom. The normalized spacial score (nSPS) is 17.4. The Hall–Kier alpha value is -1.13. The van der Waals surface area contributed by atoms with Gasteiger partial charge in [0, 0.05) is 19.3 Å². The van der Waals surface area contributed by atoms with Gasteiger partial charge in [0.05, 0.1) is 5.56 Å². The van der Waals surface area contributed by atoms with Crippen LogP contribution in [0.5, 0.6) is 0 Å². The van der Waals surface area contributed by atoms with Crippen LogP contribution in [0.25, 0.3) is 0 Å². The second-order valence-electron chi connectivity index (χ2n) is 5.12. The predicted octanol–water partition coefficient (Wildman–Crippen LogP) is 2.20. The molecule has 19 heavy (non-hydrogen) atoms. The smallest absolute Gasteiger partial charge is 0.254 e. The standard InChI is InChI=1S/C14H20ClN3O/c1-11-4-8-18(9-5-11)10-7-17-14(19)12-3-2-6-16-13(12)15/h2-3,6,11H,4-5,7-10H2,1H3,(H,17,19). The fourth-order valence-electron chi connectivity index (χ4n) is 2.26. The first-order valence-corrected chi connectivity index (χ1v) is 7.15. The predicted molar refractivity (Wildman–Crippen MR) is 76.4 cm³/mol. The first-order chi connectivity index (χ1) is 9.16. The van der Waals surface area contributed by atoms with E-state index in [1.165, 1.54) is 12.8 Å². The monoisotopic (exact) mass is 281 g/mol. The topological polar surface area (TPSA) is 45.2 Å². The van der Waals surface area contributed by atoms with Crippen molar-refractivity contribution >= 4 is 17.5 Å². The average Bonchev–Trinajstić information content (AvgIpc) is 2.41. The number of halogens is 1. The number of aromatic nitrogens is 1. The molecule has 4 nitrogen and oxygen atoms in total. The fraction of sp³-hybridized carbons (Fsp3) is 0.571. The van der Waals surface area contributed by atoms with Crippen molar-refractivity contribution in [1.29, 1.82) is 0 Å². The fourth-order valence-corrected chi connectivity index (χ4v) is 2.47. The molecular weight excluding hydrogens is 262 g/mol. The van der Waals surface area contributed by atoms with Crippen molar-refractivity contribution in [3.05, 3.63) is 29.0 Å². The molecule has 2 heterocycles. The Labute approximate surface area is 119 Å². The summed E-state index contributed by atoms with van der Waals surface area (Å²) in [5, 5.41) is 3.15. The number of carbonyl (C=O) groups excluding carboxylic acids is 1. The van der Waals surface area contributed by atoms with Gasteiger partial charge in [-0.2, -0.15) is 0 Å². The van der Waals surface area contributed by atoms with Crippen LogP contribution >= 0.6 is 11.6 Å². The highest BCUT2D eigenvalue weighted by molar-refractivity contribution is 6.32. The van der Waals surface area contributed by atoms with Crippen LogP contribution in [0, 0.1) is 5.92 Å². The Kier molecular flexibility index (Phi) is 5.16. The lowest BCUT2D eigenvalue weighted by atomic mass is 9.99. The van der Waals surface area contributed by atoms with Gasteiger partial charge in [-0.3, -0.25) is 4.79 Å². The van der Waals surface area contributed by atoms with Gasteiger partial charge < -0.3 is 10.2 Å². The lowest BCUT2D eigenvalue weighted by Crippen LogP contribution is -2.39. The van der Waals surface area contributed by atoms with Gasteiger partial charge >= 0.3 is 0 Å². The van der Waals surface area contributed by atoms with Crippen LogP contribution in [-0.2, 0) is 0 Å². The van der Waals surface area contributed by atoms with Crippen molar-refractivity contribution < 1.29 is 4.79 Å². The van der Waals surface area contributed by atoms with Crippen molar-refractivity contribution in [2.24, 2.45) is 5.92 Å². The first-order valence-electron chi connectivity index (χ1n) is 6.78. The van der Waals surface area contributed by atoms with Crippen LogP contribution in [0.15, 0.2) is 18.3 Å². The molecule has 0 spiro atoms. The molecule has 0 atom stereocenters. The van der Waals surface area contributed by atoms with E-state index in [2.05, 4.69) is 22.1 Å². The maximum Gasteiger partial charge on any atom is 0.254 e. The van der Waals surface area contributed by atoms with E-state index in [1.807, 2.05) is 0 Å². The lowest BCUT2D eigenvalue weighted by molar-refractivity contribution is 0.0944. The van der Waals surface area contributed by atoms with Gasteiger partial charge in [-0.1, -0.05) is 18.5 Å². The summed E-state index contributed by atoms with van der Waals surface area (Å²) in [7, 11) is 0. The number of rotatable bonds is 4. The zero-order valence-corrected chi connectivity index (χ0v) is 12.0. The third-order valence-electron chi connectivity index (χ3n) is 3.59. The Morgan fingerprint density at radius 2 is 2.26 bits per heavy atom. The van der Waals surface area contributed by atoms with Crippen LogP contribution < -0.4 is 5.32 Å². The summed E-state index contributed by atoms with van der Waals surface area (Å²) >= 11 is 5.88. The molecule has 104 valence electrons. The molecule has 1 amide bonds. The maximum absolute atomic E-state index is 11.9. The molecule has 2 rings (SSSR count). The molecule has 1 aromatic rings. The molecule has 0 aromatic carbocycles. The summed E-state index contributed by atoms with van der Waals surface area (Å²) in [6.45, 7) is 6.10. The molecule has 0 aliphatic carbocycles. The maximum atomic E-state index is 11.9. The van der Waals surface area contributed by atoms with Crippen LogP contribution in [0.3, 0.4) is 0 Å². The van der Waals surface area contributed by atoms with Crippen molar-refractivity contribution in [3.63, 3.8) is 0 Å². The molecule has 0 unspecified atom stereocenters. The van der Waals surface area contributed by atoms with Gasteiger partial charge in [0.15, 0.2) is 0 Å².